The zero-order valence-corrected chi connectivity index (χ0v) is 8.30. The number of piperidine rings is 1. The third-order valence-electron chi connectivity index (χ3n) is 2.81. The molecule has 1 saturated heterocycles. The Morgan fingerprint density at radius 2 is 1.91 bits per heavy atom. The first-order chi connectivity index (χ1) is 5.20. The van der Waals surface area contributed by atoms with Crippen LogP contribution in [0.2, 0.25) is 0 Å². The van der Waals surface area contributed by atoms with Gasteiger partial charge in [-0.3, -0.25) is 0 Å². The lowest BCUT2D eigenvalue weighted by molar-refractivity contribution is 0.287. The summed E-state index contributed by atoms with van der Waals surface area (Å²) >= 11 is 0. The molecule has 0 spiro atoms. The number of likely N-dealkylation sites (tertiary alicyclic amines) is 1. The first-order valence-corrected chi connectivity index (χ1v) is 4.90. The van der Waals surface area contributed by atoms with Crippen LogP contribution >= 0.6 is 0 Å². The van der Waals surface area contributed by atoms with Gasteiger partial charge in [0, 0.05) is 12.6 Å². The monoisotopic (exact) mass is 155 g/mol. The van der Waals surface area contributed by atoms with Crippen molar-refractivity contribution in [3.63, 3.8) is 0 Å². The van der Waals surface area contributed by atoms with E-state index < -0.39 is 0 Å². The Morgan fingerprint density at radius 1 is 1.36 bits per heavy atom. The summed E-state index contributed by atoms with van der Waals surface area (Å²) in [5, 5.41) is 0. The molecule has 2 fully saturated rings. The Kier molecular flexibility index (Phi) is 2.94. The lowest BCUT2D eigenvalue weighted by atomic mass is 10.2. The maximum atomic E-state index is 2.47. The van der Waals surface area contributed by atoms with Crippen molar-refractivity contribution in [3.05, 3.63) is 0 Å². The molecule has 1 saturated carbocycles. The van der Waals surface area contributed by atoms with Gasteiger partial charge in [0.15, 0.2) is 0 Å². The van der Waals surface area contributed by atoms with E-state index in [1.54, 1.807) is 0 Å². The highest BCUT2D eigenvalue weighted by Crippen LogP contribution is 2.48. The molecule has 0 bridgehead atoms. The lowest BCUT2D eigenvalue weighted by Gasteiger charge is -2.16. The smallest absolute Gasteiger partial charge is 0.00955 e. The van der Waals surface area contributed by atoms with Gasteiger partial charge in [-0.05, 0) is 32.2 Å². The van der Waals surface area contributed by atoms with E-state index in [1.807, 2.05) is 0 Å². The summed E-state index contributed by atoms with van der Waals surface area (Å²) in [5.41, 5.74) is 0. The van der Waals surface area contributed by atoms with Crippen LogP contribution in [0.3, 0.4) is 0 Å². The minimum absolute atomic E-state index is 0.889. The Labute approximate surface area is 70.8 Å². The first-order valence-electron chi connectivity index (χ1n) is 4.90. The van der Waals surface area contributed by atoms with E-state index in [-0.39, 0.29) is 0 Å². The second-order valence-corrected chi connectivity index (χ2v) is 4.05. The van der Waals surface area contributed by atoms with Crippen LogP contribution in [-0.4, -0.2) is 24.5 Å². The largest absolute Gasteiger partial charge is 0.303 e. The number of nitrogens with zero attached hydrogens (tertiary/aromatic N) is 1. The Bertz CT molecular complexity index is 120. The van der Waals surface area contributed by atoms with Gasteiger partial charge in [0.25, 0.3) is 0 Å². The fourth-order valence-corrected chi connectivity index (χ4v) is 1.93. The highest BCUT2D eigenvalue weighted by Gasteiger charge is 2.48. The van der Waals surface area contributed by atoms with Crippen molar-refractivity contribution in [2.45, 2.75) is 39.7 Å². The van der Waals surface area contributed by atoms with Crippen molar-refractivity contribution < 1.29 is 0 Å². The van der Waals surface area contributed by atoms with Gasteiger partial charge < -0.3 is 4.90 Å². The van der Waals surface area contributed by atoms with E-state index in [4.69, 9.17) is 0 Å². The van der Waals surface area contributed by atoms with E-state index in [9.17, 15) is 0 Å². The maximum Gasteiger partial charge on any atom is 0.00955 e. The van der Waals surface area contributed by atoms with Gasteiger partial charge in [0.05, 0.1) is 0 Å². The fourth-order valence-electron chi connectivity index (χ4n) is 1.93. The molecular weight excluding hydrogens is 134 g/mol. The normalized spacial score (nSPS) is 40.9. The molecule has 2 aliphatic rings. The van der Waals surface area contributed by atoms with E-state index in [0.29, 0.717) is 0 Å². The molecule has 1 heterocycles. The second-order valence-electron chi connectivity index (χ2n) is 4.05. The molecule has 66 valence electrons. The molecule has 0 radical (unpaired) electrons. The molecule has 0 N–H and O–H groups in total. The Morgan fingerprint density at radius 3 is 2.09 bits per heavy atom. The molecule has 0 aromatic rings. The van der Waals surface area contributed by atoms with Crippen LogP contribution in [-0.2, 0) is 0 Å². The van der Waals surface area contributed by atoms with Crippen LogP contribution in [0.1, 0.15) is 33.6 Å². The minimum atomic E-state index is 0.889. The Hall–Kier alpha value is -0.0400. The van der Waals surface area contributed by atoms with Crippen LogP contribution in [0.5, 0.6) is 0 Å². The molecule has 1 aliphatic carbocycles. The van der Waals surface area contributed by atoms with Crippen molar-refractivity contribution in [1.29, 1.82) is 0 Å². The van der Waals surface area contributed by atoms with Crippen molar-refractivity contribution in [3.8, 4) is 0 Å². The summed E-state index contributed by atoms with van der Waals surface area (Å²) in [6.45, 7) is 7.96. The van der Waals surface area contributed by atoms with Crippen LogP contribution < -0.4 is 0 Å². The SMILES string of the molecule is CC1C2CC2CN1C.CCC. The summed E-state index contributed by atoms with van der Waals surface area (Å²) in [4.78, 5) is 2.47. The van der Waals surface area contributed by atoms with Crippen molar-refractivity contribution in [2.24, 2.45) is 11.8 Å². The number of fused-ring (bicyclic) bond motifs is 1. The maximum absolute atomic E-state index is 2.47. The van der Waals surface area contributed by atoms with Gasteiger partial charge in [-0.2, -0.15) is 0 Å². The first kappa shape index (κ1) is 9.05. The lowest BCUT2D eigenvalue weighted by Crippen LogP contribution is -2.25. The third-order valence-corrected chi connectivity index (χ3v) is 2.81. The van der Waals surface area contributed by atoms with Gasteiger partial charge >= 0.3 is 0 Å². The average Bonchev–Trinajstić information content (AvgIpc) is 2.62. The van der Waals surface area contributed by atoms with Crippen molar-refractivity contribution in [1.82, 2.24) is 4.90 Å². The number of hydrogen-bond acceptors (Lipinski definition) is 1. The molecule has 1 nitrogen and oxygen atoms in total. The summed E-state index contributed by atoms with van der Waals surface area (Å²) in [5.74, 6) is 2.18. The van der Waals surface area contributed by atoms with E-state index in [0.717, 1.165) is 17.9 Å². The minimum Gasteiger partial charge on any atom is -0.303 e. The molecule has 0 aromatic heterocycles. The molecule has 3 atom stereocenters. The van der Waals surface area contributed by atoms with Crippen LogP contribution in [0.25, 0.3) is 0 Å². The predicted octanol–water partition coefficient (Wildman–Crippen LogP) is 2.37. The highest BCUT2D eigenvalue weighted by atomic mass is 15.2. The molecule has 1 heteroatoms. The standard InChI is InChI=1S/C7H13N.C3H8/c1-5-7-3-6(7)4-8(5)2;1-3-2/h5-7H,3-4H2,1-2H3;3H2,1-2H3. The van der Waals surface area contributed by atoms with Crippen LogP contribution in [0, 0.1) is 11.8 Å². The van der Waals surface area contributed by atoms with E-state index >= 15 is 0 Å². The van der Waals surface area contributed by atoms with Gasteiger partial charge in [-0.1, -0.05) is 20.3 Å². The topological polar surface area (TPSA) is 3.24 Å². The molecule has 11 heavy (non-hydrogen) atoms. The van der Waals surface area contributed by atoms with Gasteiger partial charge in [0.1, 0.15) is 0 Å². The summed E-state index contributed by atoms with van der Waals surface area (Å²) in [6, 6.07) is 0.889. The summed E-state index contributed by atoms with van der Waals surface area (Å²) < 4.78 is 0. The molecule has 0 aromatic carbocycles. The van der Waals surface area contributed by atoms with Crippen molar-refractivity contribution in [2.75, 3.05) is 13.6 Å². The summed E-state index contributed by atoms with van der Waals surface area (Å²) in [7, 11) is 2.23. The molecule has 3 unspecified atom stereocenters. The molecule has 1 aliphatic heterocycles. The van der Waals surface area contributed by atoms with E-state index in [2.05, 4.69) is 32.7 Å². The third kappa shape index (κ3) is 1.96. The highest BCUT2D eigenvalue weighted by molar-refractivity contribution is 5.00. The van der Waals surface area contributed by atoms with Gasteiger partial charge in [-0.25, -0.2) is 0 Å². The Balaban J connectivity index is 0.000000179. The second kappa shape index (κ2) is 3.57. The van der Waals surface area contributed by atoms with Crippen molar-refractivity contribution >= 4 is 0 Å². The zero-order valence-electron chi connectivity index (χ0n) is 8.30. The van der Waals surface area contributed by atoms with Crippen LogP contribution in [0.4, 0.5) is 0 Å². The quantitative estimate of drug-likeness (QED) is 0.519. The van der Waals surface area contributed by atoms with E-state index in [1.165, 1.54) is 19.4 Å². The van der Waals surface area contributed by atoms with Gasteiger partial charge in [0.2, 0.25) is 0 Å². The zero-order chi connectivity index (χ0) is 8.43. The summed E-state index contributed by atoms with van der Waals surface area (Å²) in [6.07, 6.45) is 2.77. The molecule has 0 amide bonds. The average molecular weight is 155 g/mol. The molecular formula is C10H21N. The predicted molar refractivity (Wildman–Crippen MR) is 49.7 cm³/mol. The fraction of sp³-hybridized carbons (Fsp3) is 1.00. The molecule has 2 rings (SSSR count). The van der Waals surface area contributed by atoms with Crippen LogP contribution in [0.15, 0.2) is 0 Å². The number of rotatable bonds is 0. The van der Waals surface area contributed by atoms with Gasteiger partial charge in [-0.15, -0.1) is 0 Å². The number of hydrogen-bond donors (Lipinski definition) is 0.